The van der Waals surface area contributed by atoms with Crippen LogP contribution in [-0.2, 0) is 5.75 Å². The van der Waals surface area contributed by atoms with Gasteiger partial charge in [-0.25, -0.2) is 4.39 Å². The summed E-state index contributed by atoms with van der Waals surface area (Å²) in [6.07, 6.45) is -0.702. The van der Waals surface area contributed by atoms with Crippen molar-refractivity contribution in [3.8, 4) is 0 Å². The monoisotopic (exact) mass is 294 g/mol. The molecule has 1 rings (SSSR count). The summed E-state index contributed by atoms with van der Waals surface area (Å²) in [6, 6.07) is 4.70. The van der Waals surface area contributed by atoms with E-state index in [9.17, 15) is 4.39 Å². The summed E-state index contributed by atoms with van der Waals surface area (Å²) in [5, 5.41) is 17.7. The summed E-state index contributed by atoms with van der Waals surface area (Å²) in [4.78, 5) is 0. The number of aliphatic hydroxyl groups excluding tert-OH is 2. The second-order valence-corrected chi connectivity index (χ2v) is 5.08. The van der Waals surface area contributed by atoms with Crippen molar-refractivity contribution in [1.29, 1.82) is 0 Å². The number of rotatable bonds is 5. The third kappa shape index (κ3) is 4.97. The summed E-state index contributed by atoms with van der Waals surface area (Å²) >= 11 is 4.67. The summed E-state index contributed by atoms with van der Waals surface area (Å²) in [6.45, 7) is -0.236. The molecule has 0 saturated carbocycles. The van der Waals surface area contributed by atoms with Gasteiger partial charge in [0.05, 0.1) is 12.7 Å². The molecule has 0 saturated heterocycles. The zero-order valence-corrected chi connectivity index (χ0v) is 10.4. The van der Waals surface area contributed by atoms with Crippen LogP contribution in [0.4, 0.5) is 4.39 Å². The van der Waals surface area contributed by atoms with E-state index in [4.69, 9.17) is 10.2 Å². The molecule has 0 bridgehead atoms. The molecule has 0 aromatic heterocycles. The first-order valence-electron chi connectivity index (χ1n) is 4.43. The lowest BCUT2D eigenvalue weighted by molar-refractivity contribution is 0.113. The fourth-order valence-electron chi connectivity index (χ4n) is 1.06. The van der Waals surface area contributed by atoms with Gasteiger partial charge in [0.2, 0.25) is 0 Å². The number of hydrogen-bond acceptors (Lipinski definition) is 3. The van der Waals surface area contributed by atoms with Crippen LogP contribution in [0.5, 0.6) is 0 Å². The minimum atomic E-state index is -0.702. The van der Waals surface area contributed by atoms with Crippen LogP contribution in [0, 0.1) is 5.82 Å². The highest BCUT2D eigenvalue weighted by Gasteiger charge is 2.03. The zero-order valence-electron chi connectivity index (χ0n) is 7.99. The van der Waals surface area contributed by atoms with E-state index in [1.54, 1.807) is 0 Å². The lowest BCUT2D eigenvalue weighted by atomic mass is 10.2. The van der Waals surface area contributed by atoms with Gasteiger partial charge < -0.3 is 10.2 Å². The first kappa shape index (κ1) is 13.0. The molecule has 1 atom stereocenters. The number of halogens is 2. The molecule has 5 heteroatoms. The topological polar surface area (TPSA) is 40.5 Å². The molecule has 0 aliphatic rings. The van der Waals surface area contributed by atoms with E-state index in [0.29, 0.717) is 16.0 Å². The molecule has 0 fully saturated rings. The normalized spacial score (nSPS) is 12.8. The van der Waals surface area contributed by atoms with E-state index in [1.807, 2.05) is 6.07 Å². The average molecular weight is 295 g/mol. The maximum atomic E-state index is 13.0. The lowest BCUT2D eigenvalue weighted by Gasteiger charge is -2.06. The quantitative estimate of drug-likeness (QED) is 0.874. The first-order chi connectivity index (χ1) is 7.11. The Morgan fingerprint density at radius 2 is 2.13 bits per heavy atom. The molecule has 0 aliphatic carbocycles. The molecule has 1 aromatic carbocycles. The van der Waals surface area contributed by atoms with Crippen LogP contribution in [0.3, 0.4) is 0 Å². The Morgan fingerprint density at radius 3 is 2.73 bits per heavy atom. The van der Waals surface area contributed by atoms with Crippen LogP contribution in [0.15, 0.2) is 22.7 Å². The third-order valence-electron chi connectivity index (χ3n) is 1.71. The van der Waals surface area contributed by atoms with E-state index in [2.05, 4.69) is 15.9 Å². The molecule has 15 heavy (non-hydrogen) atoms. The third-order valence-corrected chi connectivity index (χ3v) is 3.33. The molecule has 0 radical (unpaired) electrons. The Kier molecular flexibility index (Phi) is 5.60. The van der Waals surface area contributed by atoms with Crippen molar-refractivity contribution >= 4 is 27.7 Å². The summed E-state index contributed by atoms with van der Waals surface area (Å²) < 4.78 is 13.7. The van der Waals surface area contributed by atoms with Gasteiger partial charge in [0.15, 0.2) is 0 Å². The molecule has 0 heterocycles. The second kappa shape index (κ2) is 6.48. The van der Waals surface area contributed by atoms with Crippen molar-refractivity contribution in [1.82, 2.24) is 0 Å². The average Bonchev–Trinajstić information content (AvgIpc) is 2.16. The van der Waals surface area contributed by atoms with E-state index < -0.39 is 6.10 Å². The standard InChI is InChI=1S/C10H12BrFO2S/c11-8-1-7(2-9(12)3-8)5-15-6-10(14)4-13/h1-3,10,13-14H,4-6H2/t10-/m1/s1. The fourth-order valence-corrected chi connectivity index (χ4v) is 2.47. The molecule has 84 valence electrons. The summed E-state index contributed by atoms with van der Waals surface area (Å²) in [5.41, 5.74) is 0.858. The van der Waals surface area contributed by atoms with E-state index in [1.165, 1.54) is 23.9 Å². The highest BCUT2D eigenvalue weighted by Crippen LogP contribution is 2.19. The Bertz CT molecular complexity index is 302. The van der Waals surface area contributed by atoms with Crippen LogP contribution in [0.1, 0.15) is 5.56 Å². The maximum absolute atomic E-state index is 13.0. The summed E-state index contributed by atoms with van der Waals surface area (Å²) in [5.74, 6) is 0.792. The van der Waals surface area contributed by atoms with Crippen LogP contribution in [-0.4, -0.2) is 28.7 Å². The zero-order chi connectivity index (χ0) is 11.3. The van der Waals surface area contributed by atoms with E-state index >= 15 is 0 Å². The highest BCUT2D eigenvalue weighted by molar-refractivity contribution is 9.10. The number of aliphatic hydroxyl groups is 2. The summed E-state index contributed by atoms with van der Waals surface area (Å²) in [7, 11) is 0. The van der Waals surface area contributed by atoms with Gasteiger partial charge in [-0.2, -0.15) is 11.8 Å². The highest BCUT2D eigenvalue weighted by atomic mass is 79.9. The van der Waals surface area contributed by atoms with Crippen molar-refractivity contribution in [2.24, 2.45) is 0 Å². The van der Waals surface area contributed by atoms with Crippen LogP contribution in [0.2, 0.25) is 0 Å². The second-order valence-electron chi connectivity index (χ2n) is 3.13. The van der Waals surface area contributed by atoms with Gasteiger partial charge in [-0.3, -0.25) is 0 Å². The Labute approximate surface area is 101 Å². The van der Waals surface area contributed by atoms with Gasteiger partial charge in [-0.05, 0) is 23.8 Å². The SMILES string of the molecule is OC[C@@H](O)CSCc1cc(F)cc(Br)c1. The molecular formula is C10H12BrFO2S. The Hall–Kier alpha value is -0.100. The van der Waals surface area contributed by atoms with Gasteiger partial charge >= 0.3 is 0 Å². The largest absolute Gasteiger partial charge is 0.394 e. The molecule has 0 amide bonds. The number of thioether (sulfide) groups is 1. The van der Waals surface area contributed by atoms with Crippen molar-refractivity contribution < 1.29 is 14.6 Å². The fraction of sp³-hybridized carbons (Fsp3) is 0.400. The van der Waals surface area contributed by atoms with Crippen molar-refractivity contribution in [3.63, 3.8) is 0 Å². The van der Waals surface area contributed by atoms with Gasteiger partial charge in [-0.15, -0.1) is 0 Å². The molecule has 0 unspecified atom stereocenters. The lowest BCUT2D eigenvalue weighted by Crippen LogP contribution is -2.14. The van der Waals surface area contributed by atoms with E-state index in [0.717, 1.165) is 5.56 Å². The molecule has 1 aromatic rings. The van der Waals surface area contributed by atoms with Crippen LogP contribution >= 0.6 is 27.7 Å². The van der Waals surface area contributed by atoms with Gasteiger partial charge in [-0.1, -0.05) is 15.9 Å². The predicted octanol–water partition coefficient (Wildman–Crippen LogP) is 2.17. The molecule has 2 nitrogen and oxygen atoms in total. The van der Waals surface area contributed by atoms with Crippen molar-refractivity contribution in [2.75, 3.05) is 12.4 Å². The molecular weight excluding hydrogens is 283 g/mol. The molecule has 2 N–H and O–H groups in total. The maximum Gasteiger partial charge on any atom is 0.124 e. The Morgan fingerprint density at radius 1 is 1.40 bits per heavy atom. The van der Waals surface area contributed by atoms with Gasteiger partial charge in [0, 0.05) is 16.0 Å². The molecule has 0 spiro atoms. The number of hydrogen-bond donors (Lipinski definition) is 2. The van der Waals surface area contributed by atoms with Gasteiger partial charge in [0.25, 0.3) is 0 Å². The minimum Gasteiger partial charge on any atom is -0.394 e. The van der Waals surface area contributed by atoms with E-state index in [-0.39, 0.29) is 12.4 Å². The minimum absolute atomic E-state index is 0.236. The van der Waals surface area contributed by atoms with Gasteiger partial charge in [0.1, 0.15) is 5.82 Å². The Balaban J connectivity index is 2.43. The van der Waals surface area contributed by atoms with Crippen LogP contribution < -0.4 is 0 Å². The molecule has 0 aliphatic heterocycles. The number of benzene rings is 1. The van der Waals surface area contributed by atoms with Crippen molar-refractivity contribution in [3.05, 3.63) is 34.1 Å². The predicted molar refractivity (Wildman–Crippen MR) is 63.4 cm³/mol. The first-order valence-corrected chi connectivity index (χ1v) is 6.38. The van der Waals surface area contributed by atoms with Crippen LogP contribution in [0.25, 0.3) is 0 Å². The smallest absolute Gasteiger partial charge is 0.124 e. The van der Waals surface area contributed by atoms with Crippen molar-refractivity contribution in [2.45, 2.75) is 11.9 Å².